The van der Waals surface area contributed by atoms with Gasteiger partial charge in [-0.05, 0) is 53.5 Å². The van der Waals surface area contributed by atoms with Gasteiger partial charge < -0.3 is 25.2 Å². The minimum absolute atomic E-state index is 0.272. The topological polar surface area (TPSA) is 126 Å². The van der Waals surface area contributed by atoms with Crippen LogP contribution in [-0.2, 0) is 25.5 Å². The largest absolute Gasteiger partial charge is 0.468 e. The van der Waals surface area contributed by atoms with Gasteiger partial charge in [-0.1, -0.05) is 30.3 Å². The summed E-state index contributed by atoms with van der Waals surface area (Å²) in [5.41, 5.74) is -0.444. The summed E-state index contributed by atoms with van der Waals surface area (Å²) in [6.45, 7) is 10.1. The first-order valence-corrected chi connectivity index (χ1v) is 10.6. The summed E-state index contributed by atoms with van der Waals surface area (Å²) in [6, 6.07) is 6.27. The first-order valence-electron chi connectivity index (χ1n) is 10.6. The van der Waals surface area contributed by atoms with Crippen LogP contribution in [-0.4, -0.2) is 66.1 Å². The Morgan fingerprint density at radius 1 is 1.03 bits per heavy atom. The number of hydrogen-bond acceptors (Lipinski definition) is 7. The van der Waals surface area contributed by atoms with Crippen molar-refractivity contribution < 1.29 is 29.0 Å². The summed E-state index contributed by atoms with van der Waals surface area (Å²) in [5.74, 6) is -1.17. The lowest BCUT2D eigenvalue weighted by atomic mass is 9.96. The maximum Gasteiger partial charge on any atom is 0.407 e. The molecular weight excluding hydrogens is 414 g/mol. The summed E-state index contributed by atoms with van der Waals surface area (Å²) in [7, 11) is 1.19. The quantitative estimate of drug-likeness (QED) is 0.420. The molecule has 9 nitrogen and oxygen atoms in total. The van der Waals surface area contributed by atoms with Gasteiger partial charge in [0.15, 0.2) is 0 Å². The van der Waals surface area contributed by atoms with E-state index in [0.29, 0.717) is 0 Å². The second kappa shape index (κ2) is 11.8. The van der Waals surface area contributed by atoms with Gasteiger partial charge in [-0.3, -0.25) is 14.9 Å². The van der Waals surface area contributed by atoms with Crippen molar-refractivity contribution in [3.63, 3.8) is 0 Å². The Labute approximate surface area is 190 Å². The second-order valence-corrected chi connectivity index (χ2v) is 9.58. The molecule has 1 unspecified atom stereocenters. The maximum absolute atomic E-state index is 13.2. The molecule has 0 aromatic heterocycles. The number of ether oxygens (including phenoxy) is 2. The molecule has 2 amide bonds. The normalized spacial score (nSPS) is 14.6. The monoisotopic (exact) mass is 451 g/mol. The van der Waals surface area contributed by atoms with Crippen LogP contribution in [0.25, 0.3) is 0 Å². The third-order valence-corrected chi connectivity index (χ3v) is 4.23. The fourth-order valence-electron chi connectivity index (χ4n) is 2.96. The minimum atomic E-state index is -1.16. The standard InChI is InChI=1S/C23H37N3O6/c1-22(2,3)26-19(28)18(24-17(14-27)20(29)31-7)16(13-15-11-9-8-10-12-15)25-21(30)32-23(4,5)6/h8-12,16-18,24,27H,13-14H2,1-7H3,(H,25,30)(H,26,28)/t16-,17-,18?/m0/s1. The molecule has 180 valence electrons. The predicted octanol–water partition coefficient (Wildman–Crippen LogP) is 1.53. The summed E-state index contributed by atoms with van der Waals surface area (Å²) in [5, 5.41) is 18.2. The molecule has 0 aliphatic rings. The summed E-state index contributed by atoms with van der Waals surface area (Å²) in [6.07, 6.45) is -0.429. The van der Waals surface area contributed by atoms with Gasteiger partial charge in [0, 0.05) is 5.54 Å². The maximum atomic E-state index is 13.2. The first-order chi connectivity index (χ1) is 14.8. The van der Waals surface area contributed by atoms with Gasteiger partial charge in [0.05, 0.1) is 19.8 Å². The summed E-state index contributed by atoms with van der Waals surface area (Å²) < 4.78 is 10.1. The molecule has 1 aromatic carbocycles. The molecule has 9 heteroatoms. The van der Waals surface area contributed by atoms with Crippen molar-refractivity contribution in [2.45, 2.75) is 77.2 Å². The van der Waals surface area contributed by atoms with Crippen molar-refractivity contribution in [3.05, 3.63) is 35.9 Å². The van der Waals surface area contributed by atoms with Gasteiger partial charge in [-0.2, -0.15) is 0 Å². The third kappa shape index (κ3) is 10.1. The van der Waals surface area contributed by atoms with Crippen LogP contribution in [0.15, 0.2) is 30.3 Å². The number of aliphatic hydroxyl groups is 1. The van der Waals surface area contributed by atoms with Gasteiger partial charge in [0.2, 0.25) is 5.91 Å². The highest BCUT2D eigenvalue weighted by Gasteiger charge is 2.36. The highest BCUT2D eigenvalue weighted by Crippen LogP contribution is 2.12. The van der Waals surface area contributed by atoms with Crippen LogP contribution in [0.4, 0.5) is 4.79 Å². The number of amides is 2. The Hall–Kier alpha value is -2.65. The molecular formula is C23H37N3O6. The molecule has 0 saturated carbocycles. The van der Waals surface area contributed by atoms with E-state index in [9.17, 15) is 19.5 Å². The number of carbonyl (C=O) groups is 3. The highest BCUT2D eigenvalue weighted by atomic mass is 16.6. The summed E-state index contributed by atoms with van der Waals surface area (Å²) >= 11 is 0. The zero-order valence-electron chi connectivity index (χ0n) is 20.0. The van der Waals surface area contributed by atoms with E-state index < -0.39 is 53.8 Å². The van der Waals surface area contributed by atoms with Crippen molar-refractivity contribution >= 4 is 18.0 Å². The molecule has 0 radical (unpaired) electrons. The number of methoxy groups -OCH3 is 1. The number of aliphatic hydroxyl groups excluding tert-OH is 1. The van der Waals surface area contributed by atoms with Crippen LogP contribution in [0, 0.1) is 0 Å². The molecule has 3 atom stereocenters. The van der Waals surface area contributed by atoms with Crippen molar-refractivity contribution in [1.82, 2.24) is 16.0 Å². The van der Waals surface area contributed by atoms with Gasteiger partial charge in [0.25, 0.3) is 0 Å². The smallest absolute Gasteiger partial charge is 0.407 e. The Morgan fingerprint density at radius 2 is 1.62 bits per heavy atom. The van der Waals surface area contributed by atoms with Crippen LogP contribution in [0.1, 0.15) is 47.1 Å². The van der Waals surface area contributed by atoms with Gasteiger partial charge in [0.1, 0.15) is 17.7 Å². The van der Waals surface area contributed by atoms with Crippen LogP contribution in [0.5, 0.6) is 0 Å². The van der Waals surface area contributed by atoms with E-state index in [1.807, 2.05) is 51.1 Å². The van der Waals surface area contributed by atoms with E-state index in [2.05, 4.69) is 16.0 Å². The minimum Gasteiger partial charge on any atom is -0.468 e. The molecule has 32 heavy (non-hydrogen) atoms. The van der Waals surface area contributed by atoms with E-state index in [4.69, 9.17) is 9.47 Å². The average molecular weight is 452 g/mol. The number of nitrogens with one attached hydrogen (secondary N) is 3. The fraction of sp³-hybridized carbons (Fsp3) is 0.609. The molecule has 4 N–H and O–H groups in total. The molecule has 0 fully saturated rings. The number of hydrogen-bond donors (Lipinski definition) is 4. The van der Waals surface area contributed by atoms with Crippen molar-refractivity contribution in [2.75, 3.05) is 13.7 Å². The Balaban J connectivity index is 3.32. The van der Waals surface area contributed by atoms with Crippen molar-refractivity contribution in [3.8, 4) is 0 Å². The fourth-order valence-corrected chi connectivity index (χ4v) is 2.96. The highest BCUT2D eigenvalue weighted by molar-refractivity contribution is 5.85. The molecule has 1 aromatic rings. The molecule has 0 aliphatic carbocycles. The van der Waals surface area contributed by atoms with Crippen LogP contribution >= 0.6 is 0 Å². The van der Waals surface area contributed by atoms with Crippen molar-refractivity contribution in [2.24, 2.45) is 0 Å². The molecule has 0 aliphatic heterocycles. The molecule has 0 heterocycles. The summed E-state index contributed by atoms with van der Waals surface area (Å²) in [4.78, 5) is 37.9. The van der Waals surface area contributed by atoms with E-state index in [1.165, 1.54) is 7.11 Å². The second-order valence-electron chi connectivity index (χ2n) is 9.58. The van der Waals surface area contributed by atoms with Gasteiger partial charge in [-0.25, -0.2) is 4.79 Å². The average Bonchev–Trinajstić information content (AvgIpc) is 2.65. The third-order valence-electron chi connectivity index (χ3n) is 4.23. The van der Waals surface area contributed by atoms with E-state index >= 15 is 0 Å². The Kier molecular flexibility index (Phi) is 10.1. The van der Waals surface area contributed by atoms with E-state index in [1.54, 1.807) is 20.8 Å². The zero-order valence-corrected chi connectivity index (χ0v) is 20.0. The molecule has 0 saturated heterocycles. The number of carbonyl (C=O) groups excluding carboxylic acids is 3. The van der Waals surface area contributed by atoms with Crippen LogP contribution in [0.3, 0.4) is 0 Å². The molecule has 1 rings (SSSR count). The first kappa shape index (κ1) is 27.4. The van der Waals surface area contributed by atoms with Gasteiger partial charge >= 0.3 is 12.1 Å². The molecule has 0 bridgehead atoms. The Bertz CT molecular complexity index is 755. The van der Waals surface area contributed by atoms with E-state index in [-0.39, 0.29) is 6.42 Å². The SMILES string of the molecule is COC(=O)[C@H](CO)NC(C(=O)NC(C)(C)C)[C@H](Cc1ccccc1)NC(=O)OC(C)(C)C. The number of esters is 1. The van der Waals surface area contributed by atoms with Gasteiger partial charge in [-0.15, -0.1) is 0 Å². The number of rotatable bonds is 9. The number of alkyl carbamates (subject to hydrolysis) is 1. The lowest BCUT2D eigenvalue weighted by molar-refractivity contribution is -0.144. The van der Waals surface area contributed by atoms with Crippen LogP contribution < -0.4 is 16.0 Å². The predicted molar refractivity (Wildman–Crippen MR) is 121 cm³/mol. The zero-order chi connectivity index (χ0) is 24.5. The lowest BCUT2D eigenvalue weighted by Crippen LogP contribution is -2.64. The lowest BCUT2D eigenvalue weighted by Gasteiger charge is -2.33. The van der Waals surface area contributed by atoms with Crippen molar-refractivity contribution in [1.29, 1.82) is 0 Å². The van der Waals surface area contributed by atoms with Crippen LogP contribution in [0.2, 0.25) is 0 Å². The van der Waals surface area contributed by atoms with E-state index in [0.717, 1.165) is 5.56 Å². The Morgan fingerprint density at radius 3 is 2.09 bits per heavy atom. The molecule has 0 spiro atoms. The number of benzene rings is 1.